The van der Waals surface area contributed by atoms with E-state index in [0.29, 0.717) is 26.1 Å². The molecule has 1 fully saturated rings. The molecule has 19 heavy (non-hydrogen) atoms. The highest BCUT2D eigenvalue weighted by molar-refractivity contribution is 5.76. The van der Waals surface area contributed by atoms with E-state index in [-0.39, 0.29) is 18.7 Å². The molecule has 0 spiro atoms. The minimum Gasteiger partial charge on any atom is -0.481 e. The van der Waals surface area contributed by atoms with E-state index in [1.54, 1.807) is 11.0 Å². The van der Waals surface area contributed by atoms with Gasteiger partial charge in [-0.05, 0) is 19.8 Å². The molecular formula is C13H22N2O4. The molecule has 2 atom stereocenters. The molecule has 0 saturated carbocycles. The van der Waals surface area contributed by atoms with Gasteiger partial charge in [-0.25, -0.2) is 4.79 Å². The number of rotatable bonds is 6. The van der Waals surface area contributed by atoms with Gasteiger partial charge in [0.15, 0.2) is 0 Å². The molecule has 0 radical (unpaired) electrons. The molecule has 0 aromatic carbocycles. The first-order valence-electron chi connectivity index (χ1n) is 6.52. The summed E-state index contributed by atoms with van der Waals surface area (Å²) < 4.78 is 5.34. The van der Waals surface area contributed by atoms with E-state index in [1.807, 2.05) is 6.92 Å². The van der Waals surface area contributed by atoms with E-state index in [4.69, 9.17) is 9.84 Å². The minimum atomic E-state index is -0.833. The number of carboxylic acid groups (broad SMARTS) is 1. The Kier molecular flexibility index (Phi) is 6.35. The summed E-state index contributed by atoms with van der Waals surface area (Å²) >= 11 is 0. The molecule has 1 unspecified atom stereocenters. The van der Waals surface area contributed by atoms with E-state index in [9.17, 15) is 9.59 Å². The maximum atomic E-state index is 11.9. The number of hydrogen-bond donors (Lipinski definition) is 2. The fraction of sp³-hybridized carbons (Fsp3) is 0.692. The van der Waals surface area contributed by atoms with Crippen molar-refractivity contribution in [2.45, 2.75) is 25.9 Å². The summed E-state index contributed by atoms with van der Waals surface area (Å²) in [4.78, 5) is 24.4. The SMILES string of the molecule is C=CCOC(C)CNC(=O)N1CCC[C@@H](C(=O)O)C1. The predicted molar refractivity (Wildman–Crippen MR) is 70.9 cm³/mol. The summed E-state index contributed by atoms with van der Waals surface area (Å²) in [6, 6.07) is -0.222. The molecule has 6 nitrogen and oxygen atoms in total. The van der Waals surface area contributed by atoms with E-state index >= 15 is 0 Å². The smallest absolute Gasteiger partial charge is 0.317 e. The Morgan fingerprint density at radius 2 is 2.37 bits per heavy atom. The van der Waals surface area contributed by atoms with Crippen LogP contribution in [0.5, 0.6) is 0 Å². The Balaban J connectivity index is 2.32. The van der Waals surface area contributed by atoms with Crippen molar-refractivity contribution in [3.05, 3.63) is 12.7 Å². The van der Waals surface area contributed by atoms with Crippen LogP contribution < -0.4 is 5.32 Å². The third-order valence-corrected chi connectivity index (χ3v) is 3.10. The predicted octanol–water partition coefficient (Wildman–Crippen LogP) is 1.08. The van der Waals surface area contributed by atoms with Crippen LogP contribution in [-0.2, 0) is 9.53 Å². The number of hydrogen-bond acceptors (Lipinski definition) is 3. The van der Waals surface area contributed by atoms with Crippen LogP contribution in [0.25, 0.3) is 0 Å². The fourth-order valence-corrected chi connectivity index (χ4v) is 2.00. The first-order chi connectivity index (χ1) is 9.04. The zero-order valence-corrected chi connectivity index (χ0v) is 11.3. The van der Waals surface area contributed by atoms with Gasteiger partial charge >= 0.3 is 12.0 Å². The number of carboxylic acids is 1. The lowest BCUT2D eigenvalue weighted by Crippen LogP contribution is -2.48. The van der Waals surface area contributed by atoms with Gasteiger partial charge in [-0.15, -0.1) is 6.58 Å². The number of aliphatic carboxylic acids is 1. The second-order valence-electron chi connectivity index (χ2n) is 4.74. The molecule has 1 saturated heterocycles. The maximum Gasteiger partial charge on any atom is 0.317 e. The van der Waals surface area contributed by atoms with Gasteiger partial charge in [0.1, 0.15) is 0 Å². The Morgan fingerprint density at radius 1 is 1.63 bits per heavy atom. The Labute approximate surface area is 113 Å². The van der Waals surface area contributed by atoms with Crippen molar-refractivity contribution in [1.29, 1.82) is 0 Å². The van der Waals surface area contributed by atoms with Crippen molar-refractivity contribution in [2.75, 3.05) is 26.2 Å². The number of amides is 2. The highest BCUT2D eigenvalue weighted by Crippen LogP contribution is 2.16. The fourth-order valence-electron chi connectivity index (χ4n) is 2.00. The molecule has 108 valence electrons. The summed E-state index contributed by atoms with van der Waals surface area (Å²) in [5.74, 6) is -1.28. The zero-order chi connectivity index (χ0) is 14.3. The molecule has 1 heterocycles. The van der Waals surface area contributed by atoms with E-state index in [1.165, 1.54) is 0 Å². The van der Waals surface area contributed by atoms with Crippen molar-refractivity contribution in [1.82, 2.24) is 10.2 Å². The van der Waals surface area contributed by atoms with Crippen LogP contribution in [0.4, 0.5) is 4.79 Å². The largest absolute Gasteiger partial charge is 0.481 e. The highest BCUT2D eigenvalue weighted by atomic mass is 16.5. The lowest BCUT2D eigenvalue weighted by atomic mass is 9.99. The topological polar surface area (TPSA) is 78.9 Å². The Morgan fingerprint density at radius 3 is 3.00 bits per heavy atom. The minimum absolute atomic E-state index is 0.0954. The number of nitrogens with zero attached hydrogens (tertiary/aromatic N) is 1. The van der Waals surface area contributed by atoms with Gasteiger partial charge in [-0.1, -0.05) is 6.08 Å². The molecule has 0 aromatic rings. The van der Waals surface area contributed by atoms with Gasteiger partial charge in [-0.2, -0.15) is 0 Å². The van der Waals surface area contributed by atoms with Crippen LogP contribution in [0, 0.1) is 5.92 Å². The van der Waals surface area contributed by atoms with E-state index in [2.05, 4.69) is 11.9 Å². The highest BCUT2D eigenvalue weighted by Gasteiger charge is 2.28. The summed E-state index contributed by atoms with van der Waals surface area (Å²) in [5, 5.41) is 11.7. The number of nitrogens with one attached hydrogen (secondary N) is 1. The van der Waals surface area contributed by atoms with Crippen LogP contribution in [-0.4, -0.2) is 54.4 Å². The third-order valence-electron chi connectivity index (χ3n) is 3.10. The molecule has 1 rings (SSSR count). The quantitative estimate of drug-likeness (QED) is 0.708. The summed E-state index contributed by atoms with van der Waals surface area (Å²) in [6.07, 6.45) is 2.92. The van der Waals surface area contributed by atoms with E-state index < -0.39 is 11.9 Å². The number of urea groups is 1. The average molecular weight is 270 g/mol. The summed E-state index contributed by atoms with van der Waals surface area (Å²) in [5.41, 5.74) is 0. The molecule has 0 aliphatic carbocycles. The maximum absolute atomic E-state index is 11.9. The van der Waals surface area contributed by atoms with Gasteiger partial charge in [-0.3, -0.25) is 4.79 Å². The van der Waals surface area contributed by atoms with Crippen LogP contribution in [0.1, 0.15) is 19.8 Å². The number of piperidine rings is 1. The second kappa shape index (κ2) is 7.78. The Hall–Kier alpha value is -1.56. The molecule has 0 bridgehead atoms. The van der Waals surface area contributed by atoms with Crippen LogP contribution >= 0.6 is 0 Å². The molecule has 1 aliphatic heterocycles. The van der Waals surface area contributed by atoms with Gasteiger partial charge in [0.2, 0.25) is 0 Å². The average Bonchev–Trinajstić information content (AvgIpc) is 2.42. The first kappa shape index (κ1) is 15.5. The summed E-state index contributed by atoms with van der Waals surface area (Å²) in [6.45, 7) is 7.15. The molecule has 2 amide bonds. The number of carbonyl (C=O) groups excluding carboxylic acids is 1. The molecule has 2 N–H and O–H groups in total. The van der Waals surface area contributed by atoms with Crippen molar-refractivity contribution in [2.24, 2.45) is 5.92 Å². The normalized spacial score (nSPS) is 20.7. The van der Waals surface area contributed by atoms with Crippen molar-refractivity contribution in [3.63, 3.8) is 0 Å². The van der Waals surface area contributed by atoms with E-state index in [0.717, 1.165) is 6.42 Å². The van der Waals surface area contributed by atoms with Gasteiger partial charge < -0.3 is 20.1 Å². The zero-order valence-electron chi connectivity index (χ0n) is 11.3. The van der Waals surface area contributed by atoms with Crippen LogP contribution in [0.3, 0.4) is 0 Å². The van der Waals surface area contributed by atoms with Gasteiger partial charge in [0, 0.05) is 19.6 Å². The van der Waals surface area contributed by atoms with Crippen molar-refractivity contribution >= 4 is 12.0 Å². The number of likely N-dealkylation sites (tertiary alicyclic amines) is 1. The summed E-state index contributed by atoms with van der Waals surface area (Å²) in [7, 11) is 0. The van der Waals surface area contributed by atoms with Gasteiger partial charge in [0.05, 0.1) is 18.6 Å². The molecule has 1 aliphatic rings. The second-order valence-corrected chi connectivity index (χ2v) is 4.74. The lowest BCUT2D eigenvalue weighted by molar-refractivity contribution is -0.143. The van der Waals surface area contributed by atoms with Crippen molar-refractivity contribution in [3.8, 4) is 0 Å². The Bertz CT molecular complexity index is 333. The molecule has 6 heteroatoms. The number of carbonyl (C=O) groups is 2. The number of ether oxygens (including phenoxy) is 1. The first-order valence-corrected chi connectivity index (χ1v) is 6.52. The van der Waals surface area contributed by atoms with Gasteiger partial charge in [0.25, 0.3) is 0 Å². The lowest BCUT2D eigenvalue weighted by Gasteiger charge is -2.31. The van der Waals surface area contributed by atoms with Crippen LogP contribution in [0.2, 0.25) is 0 Å². The van der Waals surface area contributed by atoms with Crippen LogP contribution in [0.15, 0.2) is 12.7 Å². The molecular weight excluding hydrogens is 248 g/mol. The monoisotopic (exact) mass is 270 g/mol. The standard InChI is InChI=1S/C13H22N2O4/c1-3-7-19-10(2)8-14-13(18)15-6-4-5-11(9-15)12(16)17/h3,10-11H,1,4-9H2,2H3,(H,14,18)(H,16,17)/t10?,11-/m1/s1. The third kappa shape index (κ3) is 5.30. The van der Waals surface area contributed by atoms with Crippen molar-refractivity contribution < 1.29 is 19.4 Å². The molecule has 0 aromatic heterocycles.